The Hall–Kier alpha value is -1.12. The molecule has 0 aliphatic heterocycles. The number of aliphatic hydroxyl groups is 1. The van der Waals surface area contributed by atoms with Gasteiger partial charge in [0.1, 0.15) is 0 Å². The molecular weight excluding hydrogens is 271 g/mol. The highest BCUT2D eigenvalue weighted by Crippen LogP contribution is 2.21. The fourth-order valence-corrected chi connectivity index (χ4v) is 2.25. The minimum absolute atomic E-state index is 0.0356. The number of sulfonamides is 1. The van der Waals surface area contributed by atoms with Crippen molar-refractivity contribution in [1.82, 2.24) is 4.72 Å². The number of nitrogens with one attached hydrogen (secondary N) is 1. The van der Waals surface area contributed by atoms with Crippen molar-refractivity contribution in [2.24, 2.45) is 0 Å². The Morgan fingerprint density at radius 1 is 1.22 bits per heavy atom. The highest BCUT2D eigenvalue weighted by atomic mass is 32.2. The lowest BCUT2D eigenvalue weighted by Crippen LogP contribution is -2.34. The molecule has 0 amide bonds. The van der Waals surface area contributed by atoms with E-state index in [-0.39, 0.29) is 4.90 Å². The SMILES string of the molecule is O=S(=O)(NCCC(O)C(F)(F)F)c1ccccc1. The van der Waals surface area contributed by atoms with Crippen molar-refractivity contribution < 1.29 is 26.7 Å². The fraction of sp³-hybridized carbons (Fsp3) is 0.400. The third kappa shape index (κ3) is 4.28. The van der Waals surface area contributed by atoms with Crippen molar-refractivity contribution in [3.05, 3.63) is 30.3 Å². The van der Waals surface area contributed by atoms with Gasteiger partial charge in [0.2, 0.25) is 10.0 Å². The van der Waals surface area contributed by atoms with Crippen LogP contribution in [-0.4, -0.2) is 32.3 Å². The number of hydrogen-bond acceptors (Lipinski definition) is 3. The molecule has 0 spiro atoms. The predicted molar refractivity (Wildman–Crippen MR) is 58.3 cm³/mol. The van der Waals surface area contributed by atoms with Crippen LogP contribution >= 0.6 is 0 Å². The Labute approximate surface area is 102 Å². The van der Waals surface area contributed by atoms with Crippen LogP contribution in [0, 0.1) is 0 Å². The summed E-state index contributed by atoms with van der Waals surface area (Å²) in [5.41, 5.74) is 0. The van der Waals surface area contributed by atoms with Crippen molar-refractivity contribution >= 4 is 10.0 Å². The number of benzene rings is 1. The maximum Gasteiger partial charge on any atom is 0.414 e. The second-order valence-electron chi connectivity index (χ2n) is 3.56. The second-order valence-corrected chi connectivity index (χ2v) is 5.32. The topological polar surface area (TPSA) is 66.4 Å². The largest absolute Gasteiger partial charge is 0.414 e. The van der Waals surface area contributed by atoms with Crippen LogP contribution in [0.25, 0.3) is 0 Å². The monoisotopic (exact) mass is 283 g/mol. The Kier molecular flexibility index (Phi) is 4.71. The molecule has 0 bridgehead atoms. The molecule has 1 atom stereocenters. The van der Waals surface area contributed by atoms with E-state index in [1.165, 1.54) is 24.3 Å². The number of halogens is 3. The van der Waals surface area contributed by atoms with Crippen molar-refractivity contribution in [3.8, 4) is 0 Å². The Bertz CT molecular complexity index is 473. The van der Waals surface area contributed by atoms with E-state index in [1.807, 2.05) is 4.72 Å². The lowest BCUT2D eigenvalue weighted by atomic mass is 10.2. The van der Waals surface area contributed by atoms with E-state index in [9.17, 15) is 21.6 Å². The van der Waals surface area contributed by atoms with Crippen LogP contribution in [0.2, 0.25) is 0 Å². The zero-order valence-electron chi connectivity index (χ0n) is 9.18. The summed E-state index contributed by atoms with van der Waals surface area (Å²) in [7, 11) is -3.83. The summed E-state index contributed by atoms with van der Waals surface area (Å²) in [6.45, 7) is -0.488. The maximum absolute atomic E-state index is 12.0. The highest BCUT2D eigenvalue weighted by molar-refractivity contribution is 7.89. The molecule has 0 aliphatic rings. The molecule has 0 heterocycles. The van der Waals surface area contributed by atoms with E-state index in [1.54, 1.807) is 6.07 Å². The van der Waals surface area contributed by atoms with Gasteiger partial charge in [0.15, 0.2) is 6.10 Å². The molecule has 0 aromatic heterocycles. The number of alkyl halides is 3. The first-order chi connectivity index (χ1) is 8.23. The van der Waals surface area contributed by atoms with Gasteiger partial charge in [0.05, 0.1) is 4.90 Å². The Morgan fingerprint density at radius 3 is 2.28 bits per heavy atom. The average molecular weight is 283 g/mol. The molecule has 2 N–H and O–H groups in total. The summed E-state index contributed by atoms with van der Waals surface area (Å²) in [4.78, 5) is -0.0356. The van der Waals surface area contributed by atoms with E-state index >= 15 is 0 Å². The zero-order chi connectivity index (χ0) is 13.8. The first kappa shape index (κ1) is 14.9. The van der Waals surface area contributed by atoms with Crippen molar-refractivity contribution in [2.75, 3.05) is 6.54 Å². The first-order valence-corrected chi connectivity index (χ1v) is 6.51. The van der Waals surface area contributed by atoms with Crippen LogP contribution in [0.1, 0.15) is 6.42 Å². The normalized spacial score (nSPS) is 14.4. The molecule has 4 nitrogen and oxygen atoms in total. The highest BCUT2D eigenvalue weighted by Gasteiger charge is 2.37. The van der Waals surface area contributed by atoms with Crippen LogP contribution in [0.15, 0.2) is 35.2 Å². The molecule has 1 aromatic carbocycles. The summed E-state index contributed by atoms with van der Waals surface area (Å²) in [5.74, 6) is 0. The Morgan fingerprint density at radius 2 is 1.78 bits per heavy atom. The third-order valence-corrected chi connectivity index (χ3v) is 3.62. The molecule has 0 saturated carbocycles. The molecule has 0 radical (unpaired) electrons. The second kappa shape index (κ2) is 5.68. The van der Waals surface area contributed by atoms with Gasteiger partial charge in [-0.2, -0.15) is 13.2 Å². The van der Waals surface area contributed by atoms with Crippen LogP contribution in [0.5, 0.6) is 0 Å². The van der Waals surface area contributed by atoms with Crippen LogP contribution < -0.4 is 4.72 Å². The summed E-state index contributed by atoms with van der Waals surface area (Å²) in [6, 6.07) is 7.26. The summed E-state index contributed by atoms with van der Waals surface area (Å²) in [6.07, 6.45) is -8.00. The molecule has 0 saturated heterocycles. The molecule has 1 aromatic rings. The van der Waals surface area contributed by atoms with E-state index < -0.39 is 35.3 Å². The first-order valence-electron chi connectivity index (χ1n) is 5.03. The van der Waals surface area contributed by atoms with Crippen LogP contribution in [-0.2, 0) is 10.0 Å². The van der Waals surface area contributed by atoms with Gasteiger partial charge in [0.25, 0.3) is 0 Å². The van der Waals surface area contributed by atoms with Gasteiger partial charge in [-0.1, -0.05) is 18.2 Å². The van der Waals surface area contributed by atoms with Crippen molar-refractivity contribution in [2.45, 2.75) is 23.6 Å². The number of rotatable bonds is 5. The maximum atomic E-state index is 12.0. The quantitative estimate of drug-likeness (QED) is 0.855. The van der Waals surface area contributed by atoms with Gasteiger partial charge < -0.3 is 5.11 Å². The number of aliphatic hydroxyl groups excluding tert-OH is 1. The molecule has 1 rings (SSSR count). The zero-order valence-corrected chi connectivity index (χ0v) is 10.0. The van der Waals surface area contributed by atoms with Gasteiger partial charge in [-0.05, 0) is 18.6 Å². The molecular formula is C10H12F3NO3S. The molecule has 8 heteroatoms. The van der Waals surface area contributed by atoms with Crippen molar-refractivity contribution in [3.63, 3.8) is 0 Å². The van der Waals surface area contributed by atoms with E-state index in [2.05, 4.69) is 0 Å². The Balaban J connectivity index is 2.54. The third-order valence-electron chi connectivity index (χ3n) is 2.14. The van der Waals surface area contributed by atoms with Gasteiger partial charge in [0, 0.05) is 6.54 Å². The summed E-state index contributed by atoms with van der Waals surface area (Å²) >= 11 is 0. The molecule has 1 unspecified atom stereocenters. The van der Waals surface area contributed by atoms with Gasteiger partial charge in [-0.25, -0.2) is 13.1 Å². The summed E-state index contributed by atoms with van der Waals surface area (Å²) < 4.78 is 61.1. The minimum atomic E-state index is -4.74. The van der Waals surface area contributed by atoms with Gasteiger partial charge in [-0.15, -0.1) is 0 Å². The number of hydrogen-bond donors (Lipinski definition) is 2. The molecule has 0 fully saturated rings. The molecule has 0 aliphatic carbocycles. The predicted octanol–water partition coefficient (Wildman–Crippen LogP) is 1.28. The van der Waals surface area contributed by atoms with Crippen molar-refractivity contribution in [1.29, 1.82) is 0 Å². The van der Waals surface area contributed by atoms with E-state index in [0.717, 1.165) is 0 Å². The standard InChI is InChI=1S/C10H12F3NO3S/c11-10(12,13)9(15)6-7-14-18(16,17)8-4-2-1-3-5-8/h1-5,9,14-15H,6-7H2. The van der Waals surface area contributed by atoms with E-state index in [4.69, 9.17) is 5.11 Å². The van der Waals surface area contributed by atoms with E-state index in [0.29, 0.717) is 0 Å². The minimum Gasteiger partial charge on any atom is -0.384 e. The molecule has 102 valence electrons. The van der Waals surface area contributed by atoms with Crippen LogP contribution in [0.4, 0.5) is 13.2 Å². The summed E-state index contributed by atoms with van der Waals surface area (Å²) in [5, 5.41) is 8.69. The van der Waals surface area contributed by atoms with Crippen LogP contribution in [0.3, 0.4) is 0 Å². The lowest BCUT2D eigenvalue weighted by Gasteiger charge is -2.14. The molecule has 18 heavy (non-hydrogen) atoms. The van der Waals surface area contributed by atoms with Gasteiger partial charge in [-0.3, -0.25) is 0 Å². The fourth-order valence-electron chi connectivity index (χ4n) is 1.18. The average Bonchev–Trinajstić information content (AvgIpc) is 2.28. The van der Waals surface area contributed by atoms with Gasteiger partial charge >= 0.3 is 6.18 Å². The lowest BCUT2D eigenvalue weighted by molar-refractivity contribution is -0.204. The smallest absolute Gasteiger partial charge is 0.384 e.